The molecule has 0 aliphatic carbocycles. The number of rotatable bonds is 4. The van der Waals surface area contributed by atoms with E-state index in [-0.39, 0.29) is 12.0 Å². The average molecular weight is 292 g/mol. The molecule has 1 aliphatic rings. The van der Waals surface area contributed by atoms with Gasteiger partial charge < -0.3 is 9.64 Å². The highest BCUT2D eigenvalue weighted by Crippen LogP contribution is 2.21. The molecule has 0 radical (unpaired) electrons. The van der Waals surface area contributed by atoms with E-state index in [2.05, 4.69) is 15.2 Å². The molecule has 3 rings (SSSR count). The van der Waals surface area contributed by atoms with Gasteiger partial charge >= 0.3 is 0 Å². The molecule has 6 nitrogen and oxygen atoms in total. The van der Waals surface area contributed by atoms with Crippen LogP contribution in [-0.2, 0) is 11.2 Å². The van der Waals surface area contributed by atoms with Gasteiger partial charge in [0.15, 0.2) is 0 Å². The van der Waals surface area contributed by atoms with Crippen molar-refractivity contribution in [2.45, 2.75) is 26.4 Å². The number of nitrogens with one attached hydrogen (secondary N) is 1. The van der Waals surface area contributed by atoms with Gasteiger partial charge in [-0.1, -0.05) is 11.3 Å². The molecule has 0 saturated carbocycles. The van der Waals surface area contributed by atoms with E-state index in [0.29, 0.717) is 24.7 Å². The van der Waals surface area contributed by atoms with E-state index >= 15 is 0 Å². The molecule has 3 heterocycles. The molecule has 0 spiro atoms. The van der Waals surface area contributed by atoms with Crippen LogP contribution in [0.15, 0.2) is 11.6 Å². The number of nitrogens with zero attached hydrogens (tertiary/aromatic N) is 3. The fourth-order valence-electron chi connectivity index (χ4n) is 2.22. The lowest BCUT2D eigenvalue weighted by molar-refractivity contribution is -0.139. The van der Waals surface area contributed by atoms with Crippen molar-refractivity contribution in [1.29, 1.82) is 0 Å². The predicted molar refractivity (Wildman–Crippen MR) is 74.9 cm³/mol. The number of aryl methyl sites for hydroxylation is 2. The molecular formula is C13H16N4O2S. The van der Waals surface area contributed by atoms with Gasteiger partial charge in [-0.15, -0.1) is 0 Å². The van der Waals surface area contributed by atoms with Crippen LogP contribution in [-0.4, -0.2) is 45.2 Å². The molecule has 2 aromatic heterocycles. The summed E-state index contributed by atoms with van der Waals surface area (Å²) in [5.41, 5.74) is 2.86. The Kier molecular flexibility index (Phi) is 3.43. The number of hydrogen-bond donors (Lipinski definition) is 1. The summed E-state index contributed by atoms with van der Waals surface area (Å²) in [6, 6.07) is 0. The number of ether oxygens (including phenoxy) is 1. The van der Waals surface area contributed by atoms with Gasteiger partial charge in [-0.05, 0) is 13.8 Å². The Morgan fingerprint density at radius 1 is 1.55 bits per heavy atom. The highest BCUT2D eigenvalue weighted by molar-refractivity contribution is 7.11. The molecule has 2 aromatic rings. The first-order valence-corrected chi connectivity index (χ1v) is 7.36. The van der Waals surface area contributed by atoms with Crippen LogP contribution < -0.4 is 4.74 Å². The van der Waals surface area contributed by atoms with E-state index < -0.39 is 0 Å². The van der Waals surface area contributed by atoms with E-state index in [1.807, 2.05) is 24.1 Å². The molecule has 0 aromatic carbocycles. The lowest BCUT2D eigenvalue weighted by Crippen LogP contribution is -2.56. The molecule has 0 unspecified atom stereocenters. The molecule has 1 fully saturated rings. The predicted octanol–water partition coefficient (Wildman–Crippen LogP) is 1.32. The smallest absolute Gasteiger partial charge is 0.273 e. The van der Waals surface area contributed by atoms with E-state index in [0.717, 1.165) is 17.0 Å². The van der Waals surface area contributed by atoms with Gasteiger partial charge in [0.05, 0.1) is 25.2 Å². The fraction of sp³-hybridized carbons (Fsp3) is 0.462. The van der Waals surface area contributed by atoms with Gasteiger partial charge in [-0.2, -0.15) is 5.10 Å². The number of aromatic amines is 1. The Morgan fingerprint density at radius 3 is 2.95 bits per heavy atom. The van der Waals surface area contributed by atoms with Crippen molar-refractivity contribution in [3.63, 3.8) is 0 Å². The summed E-state index contributed by atoms with van der Waals surface area (Å²) >= 11 is 1.47. The van der Waals surface area contributed by atoms with Crippen LogP contribution in [0.3, 0.4) is 0 Å². The zero-order valence-corrected chi connectivity index (χ0v) is 12.2. The molecule has 106 valence electrons. The number of likely N-dealkylation sites (tertiary alicyclic amines) is 1. The van der Waals surface area contributed by atoms with Crippen molar-refractivity contribution in [1.82, 2.24) is 20.1 Å². The Bertz CT molecular complexity index is 582. The van der Waals surface area contributed by atoms with Crippen molar-refractivity contribution < 1.29 is 9.53 Å². The number of aromatic nitrogens is 3. The molecule has 20 heavy (non-hydrogen) atoms. The van der Waals surface area contributed by atoms with Crippen LogP contribution in [0.5, 0.6) is 5.19 Å². The van der Waals surface area contributed by atoms with Crippen LogP contribution in [0.4, 0.5) is 0 Å². The van der Waals surface area contributed by atoms with Crippen molar-refractivity contribution in [3.05, 3.63) is 28.5 Å². The summed E-state index contributed by atoms with van der Waals surface area (Å²) in [4.78, 5) is 18.0. The van der Waals surface area contributed by atoms with Gasteiger partial charge in [0, 0.05) is 22.8 Å². The van der Waals surface area contributed by atoms with Crippen molar-refractivity contribution in [2.24, 2.45) is 0 Å². The van der Waals surface area contributed by atoms with Gasteiger partial charge in [0.2, 0.25) is 5.91 Å². The van der Waals surface area contributed by atoms with Gasteiger partial charge in [-0.25, -0.2) is 4.98 Å². The lowest BCUT2D eigenvalue weighted by Gasteiger charge is -2.38. The van der Waals surface area contributed by atoms with Gasteiger partial charge in [0.1, 0.15) is 6.10 Å². The number of carbonyl (C=O) groups is 1. The zero-order valence-electron chi connectivity index (χ0n) is 11.4. The Hall–Kier alpha value is -1.89. The molecule has 1 amide bonds. The first-order valence-electron chi connectivity index (χ1n) is 6.48. The summed E-state index contributed by atoms with van der Waals surface area (Å²) in [6.45, 7) is 5.12. The van der Waals surface area contributed by atoms with Crippen molar-refractivity contribution >= 4 is 17.2 Å². The van der Waals surface area contributed by atoms with Crippen LogP contribution in [0.1, 0.15) is 17.0 Å². The van der Waals surface area contributed by atoms with E-state index in [1.165, 1.54) is 11.3 Å². The largest absolute Gasteiger partial charge is 0.463 e. The Balaban J connectivity index is 1.51. The van der Waals surface area contributed by atoms with E-state index in [4.69, 9.17) is 4.74 Å². The van der Waals surface area contributed by atoms with Crippen molar-refractivity contribution in [2.75, 3.05) is 13.1 Å². The minimum atomic E-state index is 0.0663. The number of carbonyl (C=O) groups excluding carboxylic acids is 1. The topological polar surface area (TPSA) is 71.1 Å². The minimum Gasteiger partial charge on any atom is -0.463 e. The van der Waals surface area contributed by atoms with Crippen LogP contribution in [0, 0.1) is 13.8 Å². The third kappa shape index (κ3) is 2.53. The molecule has 1 saturated heterocycles. The van der Waals surface area contributed by atoms with Crippen LogP contribution in [0.25, 0.3) is 0 Å². The van der Waals surface area contributed by atoms with Gasteiger partial charge in [0.25, 0.3) is 5.19 Å². The number of amides is 1. The summed E-state index contributed by atoms with van der Waals surface area (Å²) in [6.07, 6.45) is 2.18. The summed E-state index contributed by atoms with van der Waals surface area (Å²) in [7, 11) is 0. The summed E-state index contributed by atoms with van der Waals surface area (Å²) < 4.78 is 5.65. The van der Waals surface area contributed by atoms with Crippen LogP contribution >= 0.6 is 11.3 Å². The molecule has 7 heteroatoms. The van der Waals surface area contributed by atoms with E-state index in [9.17, 15) is 4.79 Å². The monoisotopic (exact) mass is 292 g/mol. The fourth-order valence-corrected chi connectivity index (χ4v) is 2.78. The first-order chi connectivity index (χ1) is 9.63. The number of H-pyrrole nitrogens is 1. The molecular weight excluding hydrogens is 276 g/mol. The molecule has 0 bridgehead atoms. The second-order valence-corrected chi connectivity index (χ2v) is 5.78. The second kappa shape index (κ2) is 5.24. The normalized spacial score (nSPS) is 15.2. The third-order valence-electron chi connectivity index (χ3n) is 3.49. The maximum atomic E-state index is 12.2. The van der Waals surface area contributed by atoms with E-state index in [1.54, 1.807) is 6.20 Å². The zero-order chi connectivity index (χ0) is 14.1. The van der Waals surface area contributed by atoms with Crippen molar-refractivity contribution in [3.8, 4) is 5.19 Å². The first kappa shape index (κ1) is 13.1. The van der Waals surface area contributed by atoms with Crippen LogP contribution in [0.2, 0.25) is 0 Å². The maximum absolute atomic E-state index is 12.2. The second-order valence-electron chi connectivity index (χ2n) is 4.93. The SMILES string of the molecule is Cc1n[nH]c(C)c1CC(=O)N1CC(Oc2nccs2)C1. The molecule has 1 N–H and O–H groups in total. The standard InChI is InChI=1S/C13H16N4O2S/c1-8-11(9(2)16-15-8)5-12(18)17-6-10(7-17)19-13-14-3-4-20-13/h3-4,10H,5-7H2,1-2H3,(H,15,16). The number of thiazole rings is 1. The average Bonchev–Trinajstić information content (AvgIpc) is 2.98. The third-order valence-corrected chi connectivity index (χ3v) is 4.15. The molecule has 1 aliphatic heterocycles. The Labute approximate surface area is 120 Å². The summed E-state index contributed by atoms with van der Waals surface area (Å²) in [5.74, 6) is 0.122. The van der Waals surface area contributed by atoms with Gasteiger partial charge in [-0.3, -0.25) is 9.89 Å². The highest BCUT2D eigenvalue weighted by atomic mass is 32.1. The quantitative estimate of drug-likeness (QED) is 0.922. The minimum absolute atomic E-state index is 0.0663. The lowest BCUT2D eigenvalue weighted by atomic mass is 10.1. The summed E-state index contributed by atoms with van der Waals surface area (Å²) in [5, 5.41) is 9.56. The highest BCUT2D eigenvalue weighted by Gasteiger charge is 2.33. The Morgan fingerprint density at radius 2 is 2.35 bits per heavy atom. The molecule has 0 atom stereocenters. The maximum Gasteiger partial charge on any atom is 0.273 e. The number of hydrogen-bond acceptors (Lipinski definition) is 5.